The first-order chi connectivity index (χ1) is 6.88. The van der Waals surface area contributed by atoms with Gasteiger partial charge in [-0.2, -0.15) is 5.10 Å². The van der Waals surface area contributed by atoms with E-state index in [9.17, 15) is 0 Å². The van der Waals surface area contributed by atoms with Crippen LogP contribution in [0.15, 0.2) is 24.9 Å². The molecule has 2 aromatic heterocycles. The molecule has 14 heavy (non-hydrogen) atoms. The molecule has 0 amide bonds. The lowest BCUT2D eigenvalue weighted by Gasteiger charge is -1.99. The molecule has 0 aliphatic rings. The molecule has 0 aliphatic heterocycles. The van der Waals surface area contributed by atoms with E-state index in [0.717, 1.165) is 24.5 Å². The topological polar surface area (TPSA) is 58.5 Å². The third kappa shape index (κ3) is 1.93. The van der Waals surface area contributed by atoms with Crippen molar-refractivity contribution in [2.45, 2.75) is 20.0 Å². The van der Waals surface area contributed by atoms with E-state index in [1.165, 1.54) is 0 Å². The molecule has 0 radical (unpaired) electrons. The monoisotopic (exact) mass is 191 g/mol. The van der Waals surface area contributed by atoms with E-state index < -0.39 is 0 Å². The van der Waals surface area contributed by atoms with Crippen molar-refractivity contribution < 1.29 is 0 Å². The van der Waals surface area contributed by atoms with E-state index in [1.54, 1.807) is 12.5 Å². The number of imidazole rings is 1. The van der Waals surface area contributed by atoms with Crippen LogP contribution in [0.5, 0.6) is 0 Å². The fourth-order valence-corrected chi connectivity index (χ4v) is 1.21. The smallest absolute Gasteiger partial charge is 0.0922 e. The van der Waals surface area contributed by atoms with Gasteiger partial charge in [0.2, 0.25) is 0 Å². The van der Waals surface area contributed by atoms with Gasteiger partial charge in [-0.3, -0.25) is 4.68 Å². The van der Waals surface area contributed by atoms with Crippen LogP contribution in [0.3, 0.4) is 0 Å². The lowest BCUT2D eigenvalue weighted by Crippen LogP contribution is -1.98. The van der Waals surface area contributed by atoms with Crippen molar-refractivity contribution in [3.8, 4) is 0 Å². The molecule has 0 spiro atoms. The first-order valence-electron chi connectivity index (χ1n) is 4.62. The van der Waals surface area contributed by atoms with Crippen molar-refractivity contribution in [1.82, 2.24) is 19.7 Å². The zero-order valence-corrected chi connectivity index (χ0v) is 8.07. The molecule has 2 N–H and O–H groups in total. The quantitative estimate of drug-likeness (QED) is 0.764. The summed E-state index contributed by atoms with van der Waals surface area (Å²) in [5.41, 5.74) is 2.09. The van der Waals surface area contributed by atoms with Gasteiger partial charge in [-0.1, -0.05) is 0 Å². The van der Waals surface area contributed by atoms with E-state index in [4.69, 9.17) is 0 Å². The second kappa shape index (κ2) is 3.95. The van der Waals surface area contributed by atoms with Crippen LogP contribution in [0.1, 0.15) is 12.6 Å². The van der Waals surface area contributed by atoms with Gasteiger partial charge in [-0.25, -0.2) is 4.98 Å². The van der Waals surface area contributed by atoms with E-state index in [2.05, 4.69) is 27.3 Å². The molecule has 0 atom stereocenters. The Kier molecular flexibility index (Phi) is 2.48. The van der Waals surface area contributed by atoms with Crippen molar-refractivity contribution in [1.29, 1.82) is 0 Å². The highest BCUT2D eigenvalue weighted by Crippen LogP contribution is 2.05. The molecule has 0 unspecified atom stereocenters. The maximum atomic E-state index is 4.16. The fourth-order valence-electron chi connectivity index (χ4n) is 1.21. The fraction of sp³-hybridized carbons (Fsp3) is 0.333. The molecule has 2 rings (SSSR count). The SMILES string of the molecule is CCn1cc(NCc2cnc[nH]2)cn1. The van der Waals surface area contributed by atoms with E-state index in [0.29, 0.717) is 0 Å². The number of aryl methyl sites for hydroxylation is 1. The predicted molar refractivity (Wildman–Crippen MR) is 53.8 cm³/mol. The molecular weight excluding hydrogens is 178 g/mol. The summed E-state index contributed by atoms with van der Waals surface area (Å²) in [6.07, 6.45) is 7.28. The molecule has 0 fully saturated rings. The van der Waals surface area contributed by atoms with Gasteiger partial charge in [0.05, 0.1) is 30.5 Å². The first-order valence-corrected chi connectivity index (χ1v) is 4.62. The second-order valence-electron chi connectivity index (χ2n) is 3.02. The van der Waals surface area contributed by atoms with E-state index >= 15 is 0 Å². The first kappa shape index (κ1) is 8.80. The summed E-state index contributed by atoms with van der Waals surface area (Å²) >= 11 is 0. The van der Waals surface area contributed by atoms with Crippen LogP contribution in [-0.4, -0.2) is 19.7 Å². The highest BCUT2D eigenvalue weighted by molar-refractivity contribution is 5.38. The molecule has 5 heteroatoms. The lowest BCUT2D eigenvalue weighted by molar-refractivity contribution is 0.660. The minimum absolute atomic E-state index is 0.745. The van der Waals surface area contributed by atoms with Gasteiger partial charge in [0.25, 0.3) is 0 Å². The highest BCUT2D eigenvalue weighted by atomic mass is 15.3. The molecule has 0 bridgehead atoms. The molecule has 0 aliphatic carbocycles. The molecule has 0 aromatic carbocycles. The Morgan fingerprint density at radius 1 is 1.50 bits per heavy atom. The maximum absolute atomic E-state index is 4.16. The Morgan fingerprint density at radius 2 is 2.43 bits per heavy atom. The Balaban J connectivity index is 1.92. The Bertz CT molecular complexity index is 376. The number of nitrogens with one attached hydrogen (secondary N) is 2. The summed E-state index contributed by atoms with van der Waals surface area (Å²) in [4.78, 5) is 6.97. The maximum Gasteiger partial charge on any atom is 0.0922 e. The minimum Gasteiger partial charge on any atom is -0.377 e. The van der Waals surface area contributed by atoms with Gasteiger partial charge < -0.3 is 10.3 Å². The second-order valence-corrected chi connectivity index (χ2v) is 3.02. The van der Waals surface area contributed by atoms with Gasteiger partial charge in [0, 0.05) is 18.9 Å². The summed E-state index contributed by atoms with van der Waals surface area (Å²) in [6, 6.07) is 0. The summed E-state index contributed by atoms with van der Waals surface area (Å²) in [6.45, 7) is 3.70. The van der Waals surface area contributed by atoms with Crippen LogP contribution < -0.4 is 5.32 Å². The minimum atomic E-state index is 0.745. The number of nitrogens with zero attached hydrogens (tertiary/aromatic N) is 3. The van der Waals surface area contributed by atoms with Crippen LogP contribution in [0.4, 0.5) is 5.69 Å². The van der Waals surface area contributed by atoms with Gasteiger partial charge in [0.15, 0.2) is 0 Å². The van der Waals surface area contributed by atoms with Crippen molar-refractivity contribution in [2.75, 3.05) is 5.32 Å². The standard InChI is InChI=1S/C9H13N5/c1-2-14-6-9(5-13-14)11-4-8-3-10-7-12-8/h3,5-7,11H,2,4H2,1H3,(H,10,12). The number of anilines is 1. The molecule has 74 valence electrons. The largest absolute Gasteiger partial charge is 0.377 e. The summed E-state index contributed by atoms with van der Waals surface area (Å²) < 4.78 is 1.88. The van der Waals surface area contributed by atoms with Crippen molar-refractivity contribution in [2.24, 2.45) is 0 Å². The predicted octanol–water partition coefficient (Wildman–Crippen LogP) is 1.24. The number of H-pyrrole nitrogens is 1. The van der Waals surface area contributed by atoms with Gasteiger partial charge in [0.1, 0.15) is 0 Å². The molecule has 2 heterocycles. The zero-order chi connectivity index (χ0) is 9.80. The van der Waals surface area contributed by atoms with Crippen molar-refractivity contribution in [3.63, 3.8) is 0 Å². The van der Waals surface area contributed by atoms with Gasteiger partial charge in [-0.05, 0) is 6.92 Å². The average molecular weight is 191 g/mol. The third-order valence-corrected chi connectivity index (χ3v) is 2.00. The molecule has 0 saturated carbocycles. The van der Waals surface area contributed by atoms with E-state index in [1.807, 2.05) is 17.1 Å². The number of rotatable bonds is 4. The lowest BCUT2D eigenvalue weighted by atomic mass is 10.4. The number of hydrogen-bond acceptors (Lipinski definition) is 3. The van der Waals surface area contributed by atoms with Crippen molar-refractivity contribution >= 4 is 5.69 Å². The van der Waals surface area contributed by atoms with Gasteiger partial charge >= 0.3 is 0 Å². The summed E-state index contributed by atoms with van der Waals surface area (Å²) in [5.74, 6) is 0. The molecule has 0 saturated heterocycles. The normalized spacial score (nSPS) is 10.4. The Morgan fingerprint density at radius 3 is 3.07 bits per heavy atom. The zero-order valence-electron chi connectivity index (χ0n) is 8.07. The highest BCUT2D eigenvalue weighted by Gasteiger charge is 1.97. The molecule has 5 nitrogen and oxygen atoms in total. The Hall–Kier alpha value is -1.78. The van der Waals surface area contributed by atoms with E-state index in [-0.39, 0.29) is 0 Å². The molecule has 2 aromatic rings. The number of aromatic amines is 1. The number of hydrogen-bond donors (Lipinski definition) is 2. The van der Waals surface area contributed by atoms with Crippen LogP contribution >= 0.6 is 0 Å². The van der Waals surface area contributed by atoms with Crippen LogP contribution in [0.25, 0.3) is 0 Å². The number of aromatic nitrogens is 4. The Labute approximate surface area is 82.2 Å². The summed E-state index contributed by atoms with van der Waals surface area (Å²) in [7, 11) is 0. The van der Waals surface area contributed by atoms with Crippen LogP contribution in [0, 0.1) is 0 Å². The van der Waals surface area contributed by atoms with Crippen LogP contribution in [-0.2, 0) is 13.1 Å². The average Bonchev–Trinajstić information content (AvgIpc) is 2.86. The summed E-state index contributed by atoms with van der Waals surface area (Å²) in [5, 5.41) is 7.41. The van der Waals surface area contributed by atoms with Gasteiger partial charge in [-0.15, -0.1) is 0 Å². The van der Waals surface area contributed by atoms with Crippen LogP contribution in [0.2, 0.25) is 0 Å². The van der Waals surface area contributed by atoms with Crippen molar-refractivity contribution in [3.05, 3.63) is 30.6 Å². The third-order valence-electron chi connectivity index (χ3n) is 2.00. The molecular formula is C9H13N5.